The van der Waals surface area contributed by atoms with Crippen LogP contribution in [0.3, 0.4) is 0 Å². The molecule has 1 aromatic heterocycles. The number of phenols is 1. The molecule has 0 fully saturated rings. The fraction of sp³-hybridized carbons (Fsp3) is 0.154. The van der Waals surface area contributed by atoms with Gasteiger partial charge in [0, 0.05) is 18.5 Å². The van der Waals surface area contributed by atoms with Gasteiger partial charge in [0.1, 0.15) is 5.52 Å². The summed E-state index contributed by atoms with van der Waals surface area (Å²) in [5, 5.41) is 11.2. The summed E-state index contributed by atoms with van der Waals surface area (Å²) in [6.07, 6.45) is 5.27. The molecule has 0 saturated heterocycles. The van der Waals surface area contributed by atoms with Gasteiger partial charge in [-0.15, -0.1) is 0 Å². The molecule has 1 aromatic carbocycles. The first-order valence-electron chi connectivity index (χ1n) is 5.17. The van der Waals surface area contributed by atoms with E-state index in [-0.39, 0.29) is 10.8 Å². The molecule has 2 rings (SSSR count). The molecule has 1 heterocycles. The van der Waals surface area contributed by atoms with Crippen molar-refractivity contribution in [2.45, 2.75) is 6.54 Å². The minimum atomic E-state index is -0.0683. The van der Waals surface area contributed by atoms with Crippen LogP contribution in [0.25, 0.3) is 10.9 Å². The minimum Gasteiger partial charge on any atom is -0.504 e. The predicted molar refractivity (Wildman–Crippen MR) is 73.7 cm³/mol. The van der Waals surface area contributed by atoms with Crippen LogP contribution in [0.2, 0.25) is 10.0 Å². The van der Waals surface area contributed by atoms with E-state index in [1.165, 1.54) is 6.07 Å². The van der Waals surface area contributed by atoms with Gasteiger partial charge in [-0.2, -0.15) is 0 Å². The molecule has 0 unspecified atom stereocenters. The number of aromatic hydroxyl groups is 1. The number of hydrogen-bond donors (Lipinski definition) is 1. The zero-order chi connectivity index (χ0) is 13.3. The van der Waals surface area contributed by atoms with E-state index < -0.39 is 0 Å². The van der Waals surface area contributed by atoms with Gasteiger partial charge in [-0.05, 0) is 18.2 Å². The fourth-order valence-corrected chi connectivity index (χ4v) is 2.14. The lowest BCUT2D eigenvalue weighted by molar-refractivity contribution is 0.468. The third-order valence-corrected chi connectivity index (χ3v) is 3.13. The highest BCUT2D eigenvalue weighted by Crippen LogP contribution is 2.36. The van der Waals surface area contributed by atoms with Crippen molar-refractivity contribution in [1.29, 1.82) is 0 Å². The molecule has 2 aromatic rings. The van der Waals surface area contributed by atoms with Gasteiger partial charge in [0.15, 0.2) is 5.75 Å². The summed E-state index contributed by atoms with van der Waals surface area (Å²) in [4.78, 5) is 5.98. The Morgan fingerprint density at radius 3 is 2.78 bits per heavy atom. The van der Waals surface area contributed by atoms with Crippen molar-refractivity contribution in [3.05, 3.63) is 33.9 Å². The molecule has 0 amide bonds. The number of aromatic nitrogens is 1. The molecule has 5 heteroatoms. The number of phenolic OH excluding ortho intramolecular Hbond substituents is 1. The molecule has 0 atom stereocenters. The standard InChI is InChI=1S/C13H10Cl2N2O/c1-3-17(2)7-8-4-5-9-10(14)6-11(15)13(18)12(9)16-8/h1,4-6,18H,7H2,2H3. The van der Waals surface area contributed by atoms with E-state index in [4.69, 9.17) is 29.6 Å². The third-order valence-electron chi connectivity index (χ3n) is 2.53. The van der Waals surface area contributed by atoms with Gasteiger partial charge < -0.3 is 10.0 Å². The quantitative estimate of drug-likeness (QED) is 0.678. The first-order valence-corrected chi connectivity index (χ1v) is 5.92. The van der Waals surface area contributed by atoms with Gasteiger partial charge in [0.2, 0.25) is 0 Å². The van der Waals surface area contributed by atoms with Crippen LogP contribution in [0.5, 0.6) is 5.75 Å². The maximum atomic E-state index is 9.89. The molecule has 0 radical (unpaired) electrons. The van der Waals surface area contributed by atoms with Gasteiger partial charge in [0.25, 0.3) is 0 Å². The Hall–Kier alpha value is -1.63. The van der Waals surface area contributed by atoms with Gasteiger partial charge in [-0.25, -0.2) is 4.98 Å². The van der Waals surface area contributed by atoms with E-state index in [2.05, 4.69) is 11.0 Å². The second-order valence-corrected chi connectivity index (χ2v) is 4.69. The van der Waals surface area contributed by atoms with E-state index in [0.717, 1.165) is 5.69 Å². The number of hydrogen-bond acceptors (Lipinski definition) is 3. The molecule has 18 heavy (non-hydrogen) atoms. The largest absolute Gasteiger partial charge is 0.504 e. The summed E-state index contributed by atoms with van der Waals surface area (Å²) in [5.41, 5.74) is 1.12. The Balaban J connectivity index is 2.57. The van der Waals surface area contributed by atoms with Crippen LogP contribution < -0.4 is 0 Å². The number of nitrogens with zero attached hydrogens (tertiary/aromatic N) is 2. The molecule has 0 aliphatic carbocycles. The van der Waals surface area contributed by atoms with Gasteiger partial charge in [0.05, 0.1) is 22.3 Å². The second-order valence-electron chi connectivity index (χ2n) is 3.87. The lowest BCUT2D eigenvalue weighted by Crippen LogP contribution is -2.11. The molecule has 1 N–H and O–H groups in total. The van der Waals surface area contributed by atoms with Crippen molar-refractivity contribution < 1.29 is 5.11 Å². The maximum absolute atomic E-state index is 9.89. The van der Waals surface area contributed by atoms with Crippen molar-refractivity contribution in [2.75, 3.05) is 7.05 Å². The van der Waals surface area contributed by atoms with E-state index in [1.807, 2.05) is 6.07 Å². The van der Waals surface area contributed by atoms with E-state index in [1.54, 1.807) is 18.0 Å². The SMILES string of the molecule is C#CN(C)Cc1ccc2c(Cl)cc(Cl)c(O)c2n1. The molecule has 0 saturated carbocycles. The van der Waals surface area contributed by atoms with Crippen molar-refractivity contribution in [2.24, 2.45) is 0 Å². The van der Waals surface area contributed by atoms with Crippen LogP contribution in [-0.4, -0.2) is 22.0 Å². The van der Waals surface area contributed by atoms with Crippen LogP contribution in [0.15, 0.2) is 18.2 Å². The Morgan fingerprint density at radius 1 is 1.39 bits per heavy atom. The summed E-state index contributed by atoms with van der Waals surface area (Å²) in [6, 6.07) is 7.58. The molecule has 92 valence electrons. The lowest BCUT2D eigenvalue weighted by atomic mass is 10.2. The van der Waals surface area contributed by atoms with Crippen molar-refractivity contribution >= 4 is 34.1 Å². The van der Waals surface area contributed by atoms with E-state index in [9.17, 15) is 5.11 Å². The highest BCUT2D eigenvalue weighted by molar-refractivity contribution is 6.39. The van der Waals surface area contributed by atoms with Crippen LogP contribution >= 0.6 is 23.2 Å². The van der Waals surface area contributed by atoms with E-state index in [0.29, 0.717) is 22.5 Å². The van der Waals surface area contributed by atoms with Crippen molar-refractivity contribution in [3.8, 4) is 18.2 Å². The van der Waals surface area contributed by atoms with Gasteiger partial charge >= 0.3 is 0 Å². The van der Waals surface area contributed by atoms with Crippen LogP contribution in [0.4, 0.5) is 0 Å². The highest BCUT2D eigenvalue weighted by Gasteiger charge is 2.11. The van der Waals surface area contributed by atoms with Crippen LogP contribution in [-0.2, 0) is 6.54 Å². The van der Waals surface area contributed by atoms with Gasteiger partial charge in [-0.1, -0.05) is 29.6 Å². The number of pyridine rings is 1. The Bertz CT molecular complexity index is 649. The Morgan fingerprint density at radius 2 is 2.11 bits per heavy atom. The van der Waals surface area contributed by atoms with Crippen LogP contribution in [0.1, 0.15) is 5.69 Å². The van der Waals surface area contributed by atoms with Crippen molar-refractivity contribution in [1.82, 2.24) is 9.88 Å². The Labute approximate surface area is 115 Å². The summed E-state index contributed by atoms with van der Waals surface area (Å²) in [7, 11) is 1.77. The smallest absolute Gasteiger partial charge is 0.160 e. The second kappa shape index (κ2) is 4.93. The summed E-state index contributed by atoms with van der Waals surface area (Å²) >= 11 is 11.9. The third kappa shape index (κ3) is 2.31. The average molecular weight is 281 g/mol. The lowest BCUT2D eigenvalue weighted by Gasteiger charge is -2.11. The number of terminal acetylenes is 1. The summed E-state index contributed by atoms with van der Waals surface area (Å²) in [6.45, 7) is 0.482. The van der Waals surface area contributed by atoms with Crippen LogP contribution in [0, 0.1) is 12.5 Å². The monoisotopic (exact) mass is 280 g/mol. The molecule has 3 nitrogen and oxygen atoms in total. The molecular weight excluding hydrogens is 271 g/mol. The predicted octanol–water partition coefficient (Wildman–Crippen LogP) is 3.27. The van der Waals surface area contributed by atoms with Gasteiger partial charge in [-0.3, -0.25) is 0 Å². The number of halogens is 2. The molecular formula is C13H10Cl2N2O. The first kappa shape index (κ1) is 12.8. The fourth-order valence-electron chi connectivity index (χ4n) is 1.62. The van der Waals surface area contributed by atoms with Crippen molar-refractivity contribution in [3.63, 3.8) is 0 Å². The van der Waals surface area contributed by atoms with E-state index >= 15 is 0 Å². The number of benzene rings is 1. The Kier molecular flexibility index (Phi) is 3.51. The average Bonchev–Trinajstić information content (AvgIpc) is 2.36. The zero-order valence-corrected chi connectivity index (χ0v) is 11.1. The zero-order valence-electron chi connectivity index (χ0n) is 9.61. The topological polar surface area (TPSA) is 36.4 Å². The number of fused-ring (bicyclic) bond motifs is 1. The normalized spacial score (nSPS) is 10.3. The highest BCUT2D eigenvalue weighted by atomic mass is 35.5. The molecule has 0 bridgehead atoms. The minimum absolute atomic E-state index is 0.0683. The molecule has 0 spiro atoms. The first-order chi connectivity index (χ1) is 8.52. The summed E-state index contributed by atoms with van der Waals surface area (Å²) in [5.74, 6) is -0.0683. The molecule has 0 aliphatic rings. The molecule has 0 aliphatic heterocycles. The summed E-state index contributed by atoms with van der Waals surface area (Å²) < 4.78 is 0. The maximum Gasteiger partial charge on any atom is 0.160 e. The number of rotatable bonds is 2.